The van der Waals surface area contributed by atoms with Gasteiger partial charge in [-0.05, 0) is 25.8 Å². The minimum absolute atomic E-state index is 0.221. The molecule has 1 atom stereocenters. The number of nitrogens with zero attached hydrogens (tertiary/aromatic N) is 1. The summed E-state index contributed by atoms with van der Waals surface area (Å²) in [5.41, 5.74) is 0. The van der Waals surface area contributed by atoms with Crippen molar-refractivity contribution in [3.8, 4) is 0 Å². The number of hydrogen-bond donors (Lipinski definition) is 2. The van der Waals surface area contributed by atoms with E-state index in [2.05, 4.69) is 10.2 Å². The highest BCUT2D eigenvalue weighted by atomic mass is 16.5. The number of nitrogens with one attached hydrogen (secondary N) is 1. The standard InChI is InChI=1S/C13H28N2O3/c1-17-9-7-15(8-10-18-2)6-5-13(11-16)14-12-3-4-12/h12-14,16H,3-11H2,1-2H3. The van der Waals surface area contributed by atoms with E-state index in [-0.39, 0.29) is 12.6 Å². The fourth-order valence-corrected chi connectivity index (χ4v) is 1.93. The maximum atomic E-state index is 9.34. The van der Waals surface area contributed by atoms with Crippen LogP contribution in [0.3, 0.4) is 0 Å². The van der Waals surface area contributed by atoms with Crippen molar-refractivity contribution in [1.82, 2.24) is 10.2 Å². The minimum atomic E-state index is 0.221. The van der Waals surface area contributed by atoms with Gasteiger partial charge in [0.2, 0.25) is 0 Å². The van der Waals surface area contributed by atoms with Crippen molar-refractivity contribution in [2.45, 2.75) is 31.3 Å². The summed E-state index contributed by atoms with van der Waals surface area (Å²) in [6.07, 6.45) is 3.49. The predicted molar refractivity (Wildman–Crippen MR) is 71.8 cm³/mol. The summed E-state index contributed by atoms with van der Waals surface area (Å²) in [6.45, 7) is 4.51. The second kappa shape index (κ2) is 9.69. The number of rotatable bonds is 12. The van der Waals surface area contributed by atoms with Crippen molar-refractivity contribution >= 4 is 0 Å². The highest BCUT2D eigenvalue weighted by Gasteiger charge is 2.24. The fourth-order valence-electron chi connectivity index (χ4n) is 1.93. The van der Waals surface area contributed by atoms with Gasteiger partial charge >= 0.3 is 0 Å². The van der Waals surface area contributed by atoms with Crippen molar-refractivity contribution in [2.24, 2.45) is 0 Å². The zero-order chi connectivity index (χ0) is 13.2. The molecule has 1 rings (SSSR count). The van der Waals surface area contributed by atoms with Crippen LogP contribution in [0.15, 0.2) is 0 Å². The van der Waals surface area contributed by atoms with Crippen LogP contribution in [-0.4, -0.2) is 75.8 Å². The summed E-state index contributed by atoms with van der Waals surface area (Å²) >= 11 is 0. The lowest BCUT2D eigenvalue weighted by molar-refractivity contribution is 0.108. The van der Waals surface area contributed by atoms with Gasteiger partial charge < -0.3 is 19.9 Å². The SMILES string of the molecule is COCCN(CCOC)CCC(CO)NC1CC1. The fraction of sp³-hybridized carbons (Fsp3) is 1.00. The zero-order valence-electron chi connectivity index (χ0n) is 11.7. The Bertz CT molecular complexity index is 193. The van der Waals surface area contributed by atoms with Crippen molar-refractivity contribution in [3.05, 3.63) is 0 Å². The first-order valence-corrected chi connectivity index (χ1v) is 6.87. The Labute approximate surface area is 110 Å². The van der Waals surface area contributed by atoms with E-state index in [1.165, 1.54) is 12.8 Å². The monoisotopic (exact) mass is 260 g/mol. The maximum Gasteiger partial charge on any atom is 0.0589 e. The molecule has 5 heteroatoms. The first-order chi connectivity index (χ1) is 8.80. The van der Waals surface area contributed by atoms with E-state index in [1.54, 1.807) is 14.2 Å². The largest absolute Gasteiger partial charge is 0.395 e. The lowest BCUT2D eigenvalue weighted by Gasteiger charge is -2.24. The molecule has 0 aromatic carbocycles. The van der Waals surface area contributed by atoms with E-state index in [9.17, 15) is 5.11 Å². The van der Waals surface area contributed by atoms with Crippen LogP contribution in [0.5, 0.6) is 0 Å². The normalized spacial score (nSPS) is 17.3. The molecule has 1 aliphatic carbocycles. The molecule has 5 nitrogen and oxygen atoms in total. The average Bonchev–Trinajstić information content (AvgIpc) is 3.20. The van der Waals surface area contributed by atoms with Gasteiger partial charge in [-0.3, -0.25) is 4.90 Å². The number of aliphatic hydroxyl groups excluding tert-OH is 1. The molecule has 0 amide bonds. The van der Waals surface area contributed by atoms with Crippen molar-refractivity contribution in [2.75, 3.05) is 53.7 Å². The summed E-state index contributed by atoms with van der Waals surface area (Å²) < 4.78 is 10.2. The van der Waals surface area contributed by atoms with Crippen molar-refractivity contribution < 1.29 is 14.6 Å². The lowest BCUT2D eigenvalue weighted by Crippen LogP contribution is -2.39. The Balaban J connectivity index is 2.19. The Morgan fingerprint density at radius 1 is 1.17 bits per heavy atom. The van der Waals surface area contributed by atoms with Crippen LogP contribution in [-0.2, 0) is 9.47 Å². The zero-order valence-corrected chi connectivity index (χ0v) is 11.7. The van der Waals surface area contributed by atoms with Crippen LogP contribution in [0, 0.1) is 0 Å². The molecule has 0 saturated heterocycles. The second-order valence-corrected chi connectivity index (χ2v) is 4.94. The molecule has 18 heavy (non-hydrogen) atoms. The molecule has 0 bridgehead atoms. The molecule has 0 aliphatic heterocycles. The van der Waals surface area contributed by atoms with Crippen LogP contribution in [0.1, 0.15) is 19.3 Å². The third-order valence-corrected chi connectivity index (χ3v) is 3.29. The molecule has 1 unspecified atom stereocenters. The second-order valence-electron chi connectivity index (χ2n) is 4.94. The lowest BCUT2D eigenvalue weighted by atomic mass is 10.2. The van der Waals surface area contributed by atoms with Gasteiger partial charge in [-0.2, -0.15) is 0 Å². The maximum absolute atomic E-state index is 9.34. The predicted octanol–water partition coefficient (Wildman–Crippen LogP) is 0.0842. The van der Waals surface area contributed by atoms with E-state index in [0.717, 1.165) is 39.3 Å². The summed E-state index contributed by atoms with van der Waals surface area (Å²) in [5.74, 6) is 0. The number of hydrogen-bond acceptors (Lipinski definition) is 5. The van der Waals surface area contributed by atoms with Crippen molar-refractivity contribution in [3.63, 3.8) is 0 Å². The highest BCUT2D eigenvalue weighted by Crippen LogP contribution is 2.19. The molecule has 0 aromatic heterocycles. The molecule has 1 aliphatic rings. The first-order valence-electron chi connectivity index (χ1n) is 6.87. The van der Waals surface area contributed by atoms with Crippen LogP contribution in [0.25, 0.3) is 0 Å². The number of aliphatic hydroxyl groups is 1. The van der Waals surface area contributed by atoms with E-state index in [1.807, 2.05) is 0 Å². The first kappa shape index (κ1) is 15.9. The highest BCUT2D eigenvalue weighted by molar-refractivity contribution is 4.85. The smallest absolute Gasteiger partial charge is 0.0589 e. The van der Waals surface area contributed by atoms with Gasteiger partial charge in [0, 0.05) is 39.4 Å². The third kappa shape index (κ3) is 7.28. The molecule has 0 heterocycles. The van der Waals surface area contributed by atoms with Crippen LogP contribution >= 0.6 is 0 Å². The molecule has 0 aromatic rings. The van der Waals surface area contributed by atoms with Crippen LogP contribution in [0.2, 0.25) is 0 Å². The Hall–Kier alpha value is -0.200. The van der Waals surface area contributed by atoms with Gasteiger partial charge in [0.05, 0.1) is 19.8 Å². The average molecular weight is 260 g/mol. The van der Waals surface area contributed by atoms with Gasteiger partial charge in [-0.1, -0.05) is 0 Å². The third-order valence-electron chi connectivity index (χ3n) is 3.29. The van der Waals surface area contributed by atoms with E-state index >= 15 is 0 Å². The van der Waals surface area contributed by atoms with E-state index in [0.29, 0.717) is 6.04 Å². The summed E-state index contributed by atoms with van der Waals surface area (Å²) in [6, 6.07) is 0.874. The van der Waals surface area contributed by atoms with E-state index < -0.39 is 0 Å². The van der Waals surface area contributed by atoms with Crippen molar-refractivity contribution in [1.29, 1.82) is 0 Å². The Morgan fingerprint density at radius 3 is 2.22 bits per heavy atom. The Morgan fingerprint density at radius 2 is 1.78 bits per heavy atom. The summed E-state index contributed by atoms with van der Waals surface area (Å²) in [5, 5.41) is 12.8. The quantitative estimate of drug-likeness (QED) is 0.521. The molecule has 0 spiro atoms. The topological polar surface area (TPSA) is 54.0 Å². The molecule has 1 saturated carbocycles. The summed E-state index contributed by atoms with van der Waals surface area (Å²) in [7, 11) is 3.44. The Kier molecular flexibility index (Phi) is 8.54. The molecule has 0 radical (unpaired) electrons. The van der Waals surface area contributed by atoms with Crippen LogP contribution < -0.4 is 5.32 Å². The van der Waals surface area contributed by atoms with Gasteiger partial charge in [-0.25, -0.2) is 0 Å². The molecular formula is C13H28N2O3. The molecular weight excluding hydrogens is 232 g/mol. The van der Waals surface area contributed by atoms with Gasteiger partial charge in [-0.15, -0.1) is 0 Å². The summed E-state index contributed by atoms with van der Waals surface area (Å²) in [4.78, 5) is 2.32. The van der Waals surface area contributed by atoms with Crippen LogP contribution in [0.4, 0.5) is 0 Å². The van der Waals surface area contributed by atoms with Gasteiger partial charge in [0.15, 0.2) is 0 Å². The molecule has 1 fully saturated rings. The van der Waals surface area contributed by atoms with Gasteiger partial charge in [0.1, 0.15) is 0 Å². The van der Waals surface area contributed by atoms with E-state index in [4.69, 9.17) is 9.47 Å². The number of ether oxygens (including phenoxy) is 2. The molecule has 108 valence electrons. The van der Waals surface area contributed by atoms with Gasteiger partial charge in [0.25, 0.3) is 0 Å². The minimum Gasteiger partial charge on any atom is -0.395 e. The number of methoxy groups -OCH3 is 2. The molecule has 2 N–H and O–H groups in total.